The zero-order chi connectivity index (χ0) is 18.7. The van der Waals surface area contributed by atoms with Gasteiger partial charge in [0.1, 0.15) is 6.04 Å². The summed E-state index contributed by atoms with van der Waals surface area (Å²) >= 11 is 1.45. The Morgan fingerprint density at radius 1 is 1.54 bits per heavy atom. The highest BCUT2D eigenvalue weighted by atomic mass is 32.1. The van der Waals surface area contributed by atoms with E-state index in [9.17, 15) is 14.7 Å². The van der Waals surface area contributed by atoms with E-state index in [1.54, 1.807) is 4.90 Å². The Balaban J connectivity index is 1.84. The number of methoxy groups -OCH3 is 1. The molecule has 140 valence electrons. The lowest BCUT2D eigenvalue weighted by molar-refractivity contribution is -0.149. The number of rotatable bonds is 5. The number of aliphatic carboxylic acids is 1. The molecule has 0 aromatic carbocycles. The summed E-state index contributed by atoms with van der Waals surface area (Å²) in [6.45, 7) is 3.32. The zero-order valence-electron chi connectivity index (χ0n) is 14.5. The highest BCUT2D eigenvalue weighted by Gasteiger charge is 2.32. The predicted molar refractivity (Wildman–Crippen MR) is 94.2 cm³/mol. The van der Waals surface area contributed by atoms with Gasteiger partial charge in [0.2, 0.25) is 0 Å². The van der Waals surface area contributed by atoms with E-state index < -0.39 is 18.0 Å². The number of esters is 1. The largest absolute Gasteiger partial charge is 0.480 e. The van der Waals surface area contributed by atoms with Crippen LogP contribution in [-0.2, 0) is 19.1 Å². The van der Waals surface area contributed by atoms with Crippen LogP contribution in [0.25, 0.3) is 0 Å². The van der Waals surface area contributed by atoms with Crippen LogP contribution in [0.1, 0.15) is 10.7 Å². The Bertz CT molecular complexity index is 772. The van der Waals surface area contributed by atoms with E-state index in [1.807, 2.05) is 12.3 Å². The van der Waals surface area contributed by atoms with E-state index in [4.69, 9.17) is 9.47 Å². The minimum atomic E-state index is -0.954. The molecule has 1 fully saturated rings. The van der Waals surface area contributed by atoms with Gasteiger partial charge < -0.3 is 19.9 Å². The number of carbonyl (C=O) groups excluding carboxylic acids is 1. The minimum Gasteiger partial charge on any atom is -0.480 e. The number of aryl methyl sites for hydroxylation is 1. The fourth-order valence-electron chi connectivity index (χ4n) is 2.80. The smallest absolute Gasteiger partial charge is 0.337 e. The molecule has 0 radical (unpaired) electrons. The first-order valence-corrected chi connectivity index (χ1v) is 8.96. The number of aromatic nitrogens is 1. The number of amidine groups is 1. The lowest BCUT2D eigenvalue weighted by Crippen LogP contribution is -2.52. The molecular formula is C16H20N4O5S. The molecule has 1 atom stereocenters. The van der Waals surface area contributed by atoms with Crippen LogP contribution in [0, 0.1) is 6.92 Å². The van der Waals surface area contributed by atoms with Gasteiger partial charge in [-0.25, -0.2) is 9.78 Å². The molecule has 0 aliphatic carbocycles. The van der Waals surface area contributed by atoms with Gasteiger partial charge >= 0.3 is 11.9 Å². The third-order valence-corrected chi connectivity index (χ3v) is 5.13. The van der Waals surface area contributed by atoms with Crippen LogP contribution >= 0.6 is 11.3 Å². The molecule has 3 rings (SSSR count). The molecule has 1 saturated heterocycles. The Morgan fingerprint density at radius 2 is 2.35 bits per heavy atom. The first-order valence-electron chi connectivity index (χ1n) is 8.08. The van der Waals surface area contributed by atoms with Crippen LogP contribution in [0.2, 0.25) is 0 Å². The van der Waals surface area contributed by atoms with Crippen molar-refractivity contribution in [3.8, 4) is 0 Å². The van der Waals surface area contributed by atoms with Gasteiger partial charge in [0.15, 0.2) is 10.8 Å². The Morgan fingerprint density at radius 3 is 3.00 bits per heavy atom. The number of carbonyl (C=O) groups is 2. The molecule has 2 aliphatic heterocycles. The topological polar surface area (TPSA) is 113 Å². The van der Waals surface area contributed by atoms with Crippen LogP contribution in [0.5, 0.6) is 0 Å². The molecule has 0 spiro atoms. The van der Waals surface area contributed by atoms with E-state index in [0.29, 0.717) is 30.3 Å². The van der Waals surface area contributed by atoms with E-state index >= 15 is 0 Å². The second kappa shape index (κ2) is 7.94. The van der Waals surface area contributed by atoms with E-state index in [2.05, 4.69) is 15.3 Å². The zero-order valence-corrected chi connectivity index (χ0v) is 15.3. The second-order valence-corrected chi connectivity index (χ2v) is 6.79. The van der Waals surface area contributed by atoms with E-state index in [1.165, 1.54) is 18.4 Å². The van der Waals surface area contributed by atoms with Crippen molar-refractivity contribution in [2.45, 2.75) is 13.0 Å². The predicted octanol–water partition coefficient (Wildman–Crippen LogP) is 0.0138. The molecule has 9 nitrogen and oxygen atoms in total. The van der Waals surface area contributed by atoms with Crippen LogP contribution < -0.4 is 5.32 Å². The maximum Gasteiger partial charge on any atom is 0.337 e. The number of morpholine rings is 1. The summed E-state index contributed by atoms with van der Waals surface area (Å²) in [5, 5.41) is 15.2. The van der Waals surface area contributed by atoms with E-state index in [-0.39, 0.29) is 19.7 Å². The number of hydrogen-bond acceptors (Lipinski definition) is 9. The monoisotopic (exact) mass is 380 g/mol. The third kappa shape index (κ3) is 3.92. The number of carboxylic acids is 1. The van der Waals surface area contributed by atoms with Crippen molar-refractivity contribution in [3.63, 3.8) is 0 Å². The molecule has 26 heavy (non-hydrogen) atoms. The Kier molecular flexibility index (Phi) is 5.64. The van der Waals surface area contributed by atoms with Crippen molar-refractivity contribution < 1.29 is 24.2 Å². The van der Waals surface area contributed by atoms with Gasteiger partial charge in [-0.15, -0.1) is 11.3 Å². The molecule has 1 aromatic heterocycles. The van der Waals surface area contributed by atoms with Crippen molar-refractivity contribution >= 4 is 29.1 Å². The van der Waals surface area contributed by atoms with Crippen molar-refractivity contribution in [2.24, 2.45) is 4.99 Å². The number of hydrogen-bond donors (Lipinski definition) is 2. The fourth-order valence-corrected chi connectivity index (χ4v) is 3.56. The highest BCUT2D eigenvalue weighted by molar-refractivity contribution is 7.11. The molecular weight excluding hydrogens is 360 g/mol. The summed E-state index contributed by atoms with van der Waals surface area (Å²) in [6, 6.07) is -0.763. The summed E-state index contributed by atoms with van der Waals surface area (Å²) < 4.78 is 10.1. The summed E-state index contributed by atoms with van der Waals surface area (Å²) in [5.41, 5.74) is 1.86. The van der Waals surface area contributed by atoms with Gasteiger partial charge in [0.25, 0.3) is 0 Å². The number of ether oxygens (including phenoxy) is 2. The molecule has 2 aliphatic rings. The standard InChI is InChI=1S/C16H20N4O5S/c1-9-8-26-14(18-9)13-17-5-10(16(23)24-2)11(19-13)6-20-3-4-25-7-12(20)15(21)22/h8,12H,3-7H2,1-2H3,(H,17,19)(H,21,22). The number of nitrogens with zero attached hydrogens (tertiary/aromatic N) is 3. The van der Waals surface area contributed by atoms with Crippen molar-refractivity contribution in [1.82, 2.24) is 15.2 Å². The molecule has 0 amide bonds. The van der Waals surface area contributed by atoms with Crippen molar-refractivity contribution in [3.05, 3.63) is 27.4 Å². The molecule has 2 N–H and O–H groups in total. The third-order valence-electron chi connectivity index (χ3n) is 4.17. The van der Waals surface area contributed by atoms with Crippen molar-refractivity contribution in [1.29, 1.82) is 0 Å². The number of nitrogens with one attached hydrogen (secondary N) is 1. The lowest BCUT2D eigenvalue weighted by Gasteiger charge is -2.34. The van der Waals surface area contributed by atoms with Crippen LogP contribution in [0.3, 0.4) is 0 Å². The van der Waals surface area contributed by atoms with Gasteiger partial charge in [0.05, 0.1) is 32.4 Å². The van der Waals surface area contributed by atoms with Crippen LogP contribution in [0.4, 0.5) is 0 Å². The summed E-state index contributed by atoms with van der Waals surface area (Å²) in [7, 11) is 1.31. The number of aliphatic imine (C=N–C) groups is 1. The summed E-state index contributed by atoms with van der Waals surface area (Å²) in [4.78, 5) is 34.2. The summed E-state index contributed by atoms with van der Waals surface area (Å²) in [6.07, 6.45) is 0. The Labute approximate surface area is 154 Å². The minimum absolute atomic E-state index is 0.114. The molecule has 1 unspecified atom stereocenters. The van der Waals surface area contributed by atoms with Gasteiger partial charge in [-0.3, -0.25) is 14.7 Å². The average molecular weight is 380 g/mol. The molecule has 1 aromatic rings. The van der Waals surface area contributed by atoms with Crippen molar-refractivity contribution in [2.75, 3.05) is 40.0 Å². The highest BCUT2D eigenvalue weighted by Crippen LogP contribution is 2.18. The van der Waals surface area contributed by atoms with Gasteiger partial charge in [-0.1, -0.05) is 0 Å². The van der Waals surface area contributed by atoms with Gasteiger partial charge in [-0.05, 0) is 6.92 Å². The van der Waals surface area contributed by atoms with E-state index in [0.717, 1.165) is 10.7 Å². The number of thiazole rings is 1. The fraction of sp³-hybridized carbons (Fsp3) is 0.500. The lowest BCUT2D eigenvalue weighted by atomic mass is 10.1. The molecule has 0 bridgehead atoms. The Hall–Kier alpha value is -2.30. The first-order chi connectivity index (χ1) is 12.5. The quantitative estimate of drug-likeness (QED) is 0.687. The molecule has 0 saturated carbocycles. The van der Waals surface area contributed by atoms with Gasteiger partial charge in [0, 0.05) is 29.9 Å². The normalized spacial score (nSPS) is 21.2. The first kappa shape index (κ1) is 18.5. The average Bonchev–Trinajstić information content (AvgIpc) is 3.07. The maximum absolute atomic E-state index is 12.1. The van der Waals surface area contributed by atoms with Crippen LogP contribution in [-0.4, -0.2) is 78.8 Å². The molecule has 3 heterocycles. The maximum atomic E-state index is 12.1. The SMILES string of the molecule is COC(=O)C1=C(CN2CCOCC2C(=O)O)NC(c2nc(C)cs2)=NC1. The number of carboxylic acid groups (broad SMARTS) is 1. The molecule has 10 heteroatoms. The van der Waals surface area contributed by atoms with Crippen LogP contribution in [0.15, 0.2) is 21.6 Å². The van der Waals surface area contributed by atoms with Gasteiger partial charge in [-0.2, -0.15) is 0 Å². The summed E-state index contributed by atoms with van der Waals surface area (Å²) in [5.74, 6) is -0.859. The second-order valence-electron chi connectivity index (χ2n) is 5.93.